The Hall–Kier alpha value is -1.33. The number of carbonyl (C=O) groups is 1. The highest BCUT2D eigenvalue weighted by Gasteiger charge is 2.01. The molecule has 0 unspecified atom stereocenters. The molecule has 0 radical (unpaired) electrons. The lowest BCUT2D eigenvalue weighted by atomic mass is 10.2. The quantitative estimate of drug-likeness (QED) is 0.779. The number of carbonyl (C=O) groups excluding carboxylic acids is 1. The molecule has 0 aromatic heterocycles. The number of rotatable bonds is 4. The number of nitrogens with one attached hydrogen (secondary N) is 2. The Morgan fingerprint density at radius 2 is 1.80 bits per heavy atom. The summed E-state index contributed by atoms with van der Waals surface area (Å²) in [7, 11) is 0. The summed E-state index contributed by atoms with van der Waals surface area (Å²) in [6.45, 7) is 2.22. The van der Waals surface area contributed by atoms with Crippen molar-refractivity contribution in [2.45, 2.75) is 13.5 Å². The molecule has 2 rings (SSSR count). The van der Waals surface area contributed by atoms with Crippen LogP contribution in [-0.2, 0) is 11.3 Å². The lowest BCUT2D eigenvalue weighted by Gasteiger charge is -2.10. The third kappa shape index (κ3) is 4.35. The van der Waals surface area contributed by atoms with Crippen molar-refractivity contribution in [3.05, 3.63) is 57.0 Å². The van der Waals surface area contributed by atoms with Gasteiger partial charge in [0.25, 0.3) is 0 Å². The van der Waals surface area contributed by atoms with Crippen LogP contribution >= 0.6 is 31.9 Å². The third-order valence-corrected chi connectivity index (χ3v) is 3.87. The minimum absolute atomic E-state index is 0.0612. The van der Waals surface area contributed by atoms with Crippen LogP contribution in [0.2, 0.25) is 0 Å². The standard InChI is InChI=1S/C15H14Br2N2O/c1-10(20)19-13-5-2-11(3-6-13)9-18-15-8-12(16)4-7-14(15)17/h2-8,18H,9H2,1H3,(H,19,20). The van der Waals surface area contributed by atoms with E-state index in [-0.39, 0.29) is 5.91 Å². The summed E-state index contributed by atoms with van der Waals surface area (Å²) < 4.78 is 2.06. The van der Waals surface area contributed by atoms with Crippen molar-refractivity contribution < 1.29 is 4.79 Å². The molecule has 0 aliphatic heterocycles. The molecule has 104 valence electrons. The van der Waals surface area contributed by atoms with Crippen LogP contribution in [0.25, 0.3) is 0 Å². The number of amides is 1. The Morgan fingerprint density at radius 3 is 2.45 bits per heavy atom. The van der Waals surface area contributed by atoms with Gasteiger partial charge in [-0.25, -0.2) is 0 Å². The highest BCUT2D eigenvalue weighted by Crippen LogP contribution is 2.26. The van der Waals surface area contributed by atoms with Crippen LogP contribution in [0.4, 0.5) is 11.4 Å². The average Bonchev–Trinajstić information content (AvgIpc) is 2.41. The smallest absolute Gasteiger partial charge is 0.221 e. The second-order valence-electron chi connectivity index (χ2n) is 4.36. The molecule has 0 heterocycles. The summed E-state index contributed by atoms with van der Waals surface area (Å²) in [6.07, 6.45) is 0. The molecule has 3 nitrogen and oxygen atoms in total. The van der Waals surface area contributed by atoms with E-state index in [1.165, 1.54) is 6.92 Å². The number of halogens is 2. The number of hydrogen-bond donors (Lipinski definition) is 2. The van der Waals surface area contributed by atoms with Crippen LogP contribution in [0.3, 0.4) is 0 Å². The van der Waals surface area contributed by atoms with Gasteiger partial charge in [-0.3, -0.25) is 4.79 Å². The number of hydrogen-bond acceptors (Lipinski definition) is 2. The van der Waals surface area contributed by atoms with Crippen LogP contribution in [0.5, 0.6) is 0 Å². The van der Waals surface area contributed by atoms with E-state index >= 15 is 0 Å². The topological polar surface area (TPSA) is 41.1 Å². The summed E-state index contributed by atoms with van der Waals surface area (Å²) in [5.74, 6) is -0.0612. The highest BCUT2D eigenvalue weighted by atomic mass is 79.9. The molecule has 20 heavy (non-hydrogen) atoms. The Bertz CT molecular complexity index is 612. The third-order valence-electron chi connectivity index (χ3n) is 2.69. The molecule has 0 aliphatic carbocycles. The molecule has 5 heteroatoms. The van der Waals surface area contributed by atoms with Crippen LogP contribution in [-0.4, -0.2) is 5.91 Å². The van der Waals surface area contributed by atoms with Gasteiger partial charge in [-0.1, -0.05) is 28.1 Å². The molecule has 0 saturated carbocycles. The largest absolute Gasteiger partial charge is 0.380 e. The molecule has 0 aliphatic rings. The van der Waals surface area contributed by atoms with Crippen molar-refractivity contribution in [1.29, 1.82) is 0 Å². The van der Waals surface area contributed by atoms with Gasteiger partial charge in [0.1, 0.15) is 0 Å². The number of benzene rings is 2. The van der Waals surface area contributed by atoms with Crippen LogP contribution in [0, 0.1) is 0 Å². The first-order valence-corrected chi connectivity index (χ1v) is 7.68. The summed E-state index contributed by atoms with van der Waals surface area (Å²) in [5, 5.41) is 6.12. The molecule has 0 saturated heterocycles. The van der Waals surface area contributed by atoms with Gasteiger partial charge in [-0.15, -0.1) is 0 Å². The molecule has 0 bridgehead atoms. The van der Waals surface area contributed by atoms with E-state index in [9.17, 15) is 4.79 Å². The lowest BCUT2D eigenvalue weighted by molar-refractivity contribution is -0.114. The Balaban J connectivity index is 2.00. The van der Waals surface area contributed by atoms with E-state index in [0.29, 0.717) is 0 Å². The summed E-state index contributed by atoms with van der Waals surface area (Å²) in [6, 6.07) is 13.8. The zero-order chi connectivity index (χ0) is 14.5. The average molecular weight is 398 g/mol. The minimum Gasteiger partial charge on any atom is -0.380 e. The van der Waals surface area contributed by atoms with E-state index in [1.807, 2.05) is 42.5 Å². The van der Waals surface area contributed by atoms with Gasteiger partial charge in [0, 0.05) is 33.8 Å². The molecule has 0 spiro atoms. The van der Waals surface area contributed by atoms with Crippen molar-refractivity contribution in [3.63, 3.8) is 0 Å². The molecule has 1 amide bonds. The molecular weight excluding hydrogens is 384 g/mol. The van der Waals surface area contributed by atoms with Gasteiger partial charge in [-0.05, 0) is 51.8 Å². The van der Waals surface area contributed by atoms with Crippen molar-refractivity contribution in [2.24, 2.45) is 0 Å². The Labute approximate surface area is 135 Å². The summed E-state index contributed by atoms with van der Waals surface area (Å²) in [4.78, 5) is 10.9. The predicted octanol–water partition coefficient (Wildman–Crippen LogP) is 4.78. The van der Waals surface area contributed by atoms with Crippen molar-refractivity contribution >= 4 is 49.1 Å². The molecule has 0 atom stereocenters. The maximum absolute atomic E-state index is 10.9. The Morgan fingerprint density at radius 1 is 1.10 bits per heavy atom. The van der Waals surface area contributed by atoms with Gasteiger partial charge in [0.15, 0.2) is 0 Å². The second kappa shape index (κ2) is 6.90. The molecular formula is C15H14Br2N2O. The van der Waals surface area contributed by atoms with E-state index in [1.54, 1.807) is 0 Å². The van der Waals surface area contributed by atoms with Gasteiger partial charge in [-0.2, -0.15) is 0 Å². The minimum atomic E-state index is -0.0612. The van der Waals surface area contributed by atoms with E-state index < -0.39 is 0 Å². The van der Waals surface area contributed by atoms with Gasteiger partial charge in [0.2, 0.25) is 5.91 Å². The van der Waals surface area contributed by atoms with Crippen LogP contribution in [0.1, 0.15) is 12.5 Å². The fourth-order valence-electron chi connectivity index (χ4n) is 1.74. The van der Waals surface area contributed by atoms with E-state index in [0.717, 1.165) is 32.4 Å². The first kappa shape index (κ1) is 15.1. The molecule has 2 N–H and O–H groups in total. The van der Waals surface area contributed by atoms with Gasteiger partial charge >= 0.3 is 0 Å². The van der Waals surface area contributed by atoms with Gasteiger partial charge in [0.05, 0.1) is 0 Å². The highest BCUT2D eigenvalue weighted by molar-refractivity contribution is 9.11. The normalized spacial score (nSPS) is 10.2. The molecule has 2 aromatic rings. The Kier molecular flexibility index (Phi) is 5.20. The summed E-state index contributed by atoms with van der Waals surface area (Å²) >= 11 is 6.97. The molecule has 0 fully saturated rings. The monoisotopic (exact) mass is 396 g/mol. The van der Waals surface area contributed by atoms with E-state index in [2.05, 4.69) is 42.5 Å². The second-order valence-corrected chi connectivity index (χ2v) is 6.13. The van der Waals surface area contributed by atoms with Crippen molar-refractivity contribution in [3.8, 4) is 0 Å². The lowest BCUT2D eigenvalue weighted by Crippen LogP contribution is -2.06. The predicted molar refractivity (Wildman–Crippen MR) is 89.9 cm³/mol. The zero-order valence-corrected chi connectivity index (χ0v) is 14.1. The zero-order valence-electron chi connectivity index (χ0n) is 10.9. The maximum atomic E-state index is 10.9. The van der Waals surface area contributed by atoms with Crippen LogP contribution in [0.15, 0.2) is 51.4 Å². The summed E-state index contributed by atoms with van der Waals surface area (Å²) in [5.41, 5.74) is 2.99. The first-order valence-electron chi connectivity index (χ1n) is 6.10. The molecule has 2 aromatic carbocycles. The fourth-order valence-corrected chi connectivity index (χ4v) is 2.49. The fraction of sp³-hybridized carbons (Fsp3) is 0.133. The first-order chi connectivity index (χ1) is 9.54. The van der Waals surface area contributed by atoms with E-state index in [4.69, 9.17) is 0 Å². The SMILES string of the molecule is CC(=O)Nc1ccc(CNc2cc(Br)ccc2Br)cc1. The van der Waals surface area contributed by atoms with Crippen LogP contribution < -0.4 is 10.6 Å². The van der Waals surface area contributed by atoms with Gasteiger partial charge < -0.3 is 10.6 Å². The van der Waals surface area contributed by atoms with Crippen molar-refractivity contribution in [2.75, 3.05) is 10.6 Å². The van der Waals surface area contributed by atoms with Crippen molar-refractivity contribution in [1.82, 2.24) is 0 Å². The maximum Gasteiger partial charge on any atom is 0.221 e. The number of anilines is 2.